The third kappa shape index (κ3) is 7.79. The molecule has 0 aliphatic carbocycles. The van der Waals surface area contributed by atoms with E-state index in [-0.39, 0.29) is 17.7 Å². The van der Waals surface area contributed by atoms with E-state index in [9.17, 15) is 9.59 Å². The van der Waals surface area contributed by atoms with Crippen molar-refractivity contribution in [3.05, 3.63) is 58.6 Å². The highest BCUT2D eigenvalue weighted by atomic mass is 35.5. The molecule has 2 rings (SSSR count). The van der Waals surface area contributed by atoms with Gasteiger partial charge >= 0.3 is 0 Å². The number of methoxy groups -OCH3 is 1. The fourth-order valence-electron chi connectivity index (χ4n) is 3.38. The van der Waals surface area contributed by atoms with Crippen molar-refractivity contribution < 1.29 is 14.3 Å². The molecule has 0 heterocycles. The van der Waals surface area contributed by atoms with Gasteiger partial charge in [0.25, 0.3) is 11.8 Å². The van der Waals surface area contributed by atoms with E-state index in [1.165, 1.54) is 6.21 Å². The molecule has 0 saturated heterocycles. The minimum Gasteiger partial charge on any atom is -0.496 e. The Balaban J connectivity index is 2.09. The van der Waals surface area contributed by atoms with Crippen LogP contribution in [0, 0.1) is 5.92 Å². The van der Waals surface area contributed by atoms with E-state index in [0.717, 1.165) is 24.3 Å². The van der Waals surface area contributed by atoms with Gasteiger partial charge in [0.05, 0.1) is 13.3 Å². The van der Waals surface area contributed by atoms with Crippen molar-refractivity contribution in [2.24, 2.45) is 11.0 Å². The van der Waals surface area contributed by atoms with Gasteiger partial charge in [-0.15, -0.1) is 0 Å². The summed E-state index contributed by atoms with van der Waals surface area (Å²) in [6.45, 7) is 9.95. The first kappa shape index (κ1) is 26.2. The van der Waals surface area contributed by atoms with Crippen molar-refractivity contribution in [3.63, 3.8) is 0 Å². The van der Waals surface area contributed by atoms with Crippen LogP contribution in [0.5, 0.6) is 5.75 Å². The fourth-order valence-corrected chi connectivity index (χ4v) is 3.51. The largest absolute Gasteiger partial charge is 0.496 e. The molecule has 0 fully saturated rings. The number of nitrogens with zero attached hydrogens (tertiary/aromatic N) is 2. The van der Waals surface area contributed by atoms with Gasteiger partial charge < -0.3 is 15.0 Å². The molecule has 2 aromatic carbocycles. The summed E-state index contributed by atoms with van der Waals surface area (Å²) in [7, 11) is 1.60. The van der Waals surface area contributed by atoms with Gasteiger partial charge in [-0.05, 0) is 62.6 Å². The Morgan fingerprint density at radius 3 is 2.36 bits per heavy atom. The predicted octanol–water partition coefficient (Wildman–Crippen LogP) is 4.49. The van der Waals surface area contributed by atoms with Gasteiger partial charge in [0.1, 0.15) is 11.8 Å². The standard InChI is InChI=1S/C25H33ClN4O3/c1-6-30(7-2)21-13-10-19(23(15-21)33-5)16-27-29-25(32)22(14-17(3)4)28-24(31)18-8-11-20(26)12-9-18/h8-13,15-17,22H,6-7,14H2,1-5H3,(H,28,31)(H,29,32)/b27-16+. The minimum absolute atomic E-state index is 0.197. The summed E-state index contributed by atoms with van der Waals surface area (Å²) < 4.78 is 5.50. The van der Waals surface area contributed by atoms with Crippen molar-refractivity contribution in [2.75, 3.05) is 25.1 Å². The summed E-state index contributed by atoms with van der Waals surface area (Å²) in [5, 5.41) is 7.43. The van der Waals surface area contributed by atoms with Crippen LogP contribution in [0.2, 0.25) is 5.02 Å². The zero-order chi connectivity index (χ0) is 24.4. The van der Waals surface area contributed by atoms with Gasteiger partial charge in [-0.2, -0.15) is 5.10 Å². The topological polar surface area (TPSA) is 83.0 Å². The second-order valence-corrected chi connectivity index (χ2v) is 8.43. The Kier molecular flexibility index (Phi) is 10.2. The van der Waals surface area contributed by atoms with E-state index in [4.69, 9.17) is 16.3 Å². The van der Waals surface area contributed by atoms with Gasteiger partial charge in [-0.25, -0.2) is 5.43 Å². The Morgan fingerprint density at radius 2 is 1.79 bits per heavy atom. The van der Waals surface area contributed by atoms with Crippen molar-refractivity contribution in [3.8, 4) is 5.75 Å². The first-order valence-electron chi connectivity index (χ1n) is 11.1. The fraction of sp³-hybridized carbons (Fsp3) is 0.400. The van der Waals surface area contributed by atoms with Crippen LogP contribution >= 0.6 is 11.6 Å². The zero-order valence-electron chi connectivity index (χ0n) is 19.9. The number of ether oxygens (including phenoxy) is 1. The number of hydrazone groups is 1. The first-order chi connectivity index (χ1) is 15.8. The molecule has 1 unspecified atom stereocenters. The highest BCUT2D eigenvalue weighted by Gasteiger charge is 2.22. The Morgan fingerprint density at radius 1 is 1.12 bits per heavy atom. The van der Waals surface area contributed by atoms with E-state index in [0.29, 0.717) is 22.8 Å². The zero-order valence-corrected chi connectivity index (χ0v) is 20.6. The van der Waals surface area contributed by atoms with E-state index in [2.05, 4.69) is 34.6 Å². The van der Waals surface area contributed by atoms with E-state index < -0.39 is 6.04 Å². The molecule has 0 aliphatic rings. The molecule has 0 saturated carbocycles. The molecule has 2 amide bonds. The number of anilines is 1. The second kappa shape index (κ2) is 12.8. The van der Waals surface area contributed by atoms with Crippen molar-refractivity contribution in [1.29, 1.82) is 0 Å². The Hall–Kier alpha value is -3.06. The lowest BCUT2D eigenvalue weighted by molar-refractivity contribution is -0.123. The highest BCUT2D eigenvalue weighted by molar-refractivity contribution is 6.30. The number of nitrogens with one attached hydrogen (secondary N) is 2. The molecule has 2 aromatic rings. The molecule has 0 aliphatic heterocycles. The lowest BCUT2D eigenvalue weighted by atomic mass is 10.0. The lowest BCUT2D eigenvalue weighted by Gasteiger charge is -2.22. The Bertz CT molecular complexity index is 957. The van der Waals surface area contributed by atoms with Crippen LogP contribution in [0.1, 0.15) is 50.0 Å². The van der Waals surface area contributed by atoms with Gasteiger partial charge in [0.15, 0.2) is 0 Å². The van der Waals surface area contributed by atoms with Crippen LogP contribution < -0.4 is 20.4 Å². The van der Waals surface area contributed by atoms with Crippen LogP contribution in [-0.2, 0) is 4.79 Å². The smallest absolute Gasteiger partial charge is 0.262 e. The van der Waals surface area contributed by atoms with Crippen molar-refractivity contribution in [2.45, 2.75) is 40.2 Å². The minimum atomic E-state index is -0.725. The van der Waals surface area contributed by atoms with Gasteiger partial charge in [-0.1, -0.05) is 25.4 Å². The van der Waals surface area contributed by atoms with E-state index >= 15 is 0 Å². The molecule has 2 N–H and O–H groups in total. The summed E-state index contributed by atoms with van der Waals surface area (Å²) in [6, 6.07) is 11.6. The van der Waals surface area contributed by atoms with Gasteiger partial charge in [0, 0.05) is 41.0 Å². The molecule has 1 atom stereocenters. The lowest BCUT2D eigenvalue weighted by Crippen LogP contribution is -2.46. The second-order valence-electron chi connectivity index (χ2n) is 8.00. The molecule has 0 bridgehead atoms. The highest BCUT2D eigenvalue weighted by Crippen LogP contribution is 2.24. The predicted molar refractivity (Wildman–Crippen MR) is 134 cm³/mol. The summed E-state index contributed by atoms with van der Waals surface area (Å²) in [5.41, 5.74) is 4.77. The van der Waals surface area contributed by atoms with Gasteiger partial charge in [0.2, 0.25) is 0 Å². The quantitative estimate of drug-likeness (QED) is 0.373. The summed E-state index contributed by atoms with van der Waals surface area (Å²) in [6.07, 6.45) is 2.01. The Labute approximate surface area is 201 Å². The van der Waals surface area contributed by atoms with Crippen LogP contribution in [-0.4, -0.2) is 44.3 Å². The normalized spacial score (nSPS) is 12.0. The maximum Gasteiger partial charge on any atom is 0.262 e. The number of halogens is 1. The number of carbonyl (C=O) groups excluding carboxylic acids is 2. The number of benzene rings is 2. The summed E-state index contributed by atoms with van der Waals surface area (Å²) in [4.78, 5) is 27.6. The third-order valence-electron chi connectivity index (χ3n) is 5.16. The van der Waals surface area contributed by atoms with E-state index in [1.54, 1.807) is 31.4 Å². The maximum atomic E-state index is 12.8. The van der Waals surface area contributed by atoms with Crippen LogP contribution in [0.25, 0.3) is 0 Å². The van der Waals surface area contributed by atoms with Crippen LogP contribution in [0.15, 0.2) is 47.6 Å². The third-order valence-corrected chi connectivity index (χ3v) is 5.41. The van der Waals surface area contributed by atoms with Gasteiger partial charge in [-0.3, -0.25) is 9.59 Å². The summed E-state index contributed by atoms with van der Waals surface area (Å²) in [5.74, 6) is 0.126. The molecule has 0 radical (unpaired) electrons. The first-order valence-corrected chi connectivity index (χ1v) is 11.5. The molecule has 0 spiro atoms. The van der Waals surface area contributed by atoms with Crippen molar-refractivity contribution >= 4 is 35.3 Å². The number of hydrogen-bond acceptors (Lipinski definition) is 5. The van der Waals surface area contributed by atoms with E-state index in [1.807, 2.05) is 32.0 Å². The molecule has 7 nitrogen and oxygen atoms in total. The molecule has 8 heteroatoms. The number of amides is 2. The SMILES string of the molecule is CCN(CC)c1ccc(/C=N/NC(=O)C(CC(C)C)NC(=O)c2ccc(Cl)cc2)c(OC)c1. The average Bonchev–Trinajstić information content (AvgIpc) is 2.80. The molecule has 33 heavy (non-hydrogen) atoms. The maximum absolute atomic E-state index is 12.8. The summed E-state index contributed by atoms with van der Waals surface area (Å²) >= 11 is 5.89. The number of hydrogen-bond donors (Lipinski definition) is 2. The molecule has 0 aromatic heterocycles. The van der Waals surface area contributed by atoms with Crippen molar-refractivity contribution in [1.82, 2.24) is 10.7 Å². The van der Waals surface area contributed by atoms with Crippen LogP contribution in [0.4, 0.5) is 5.69 Å². The molecule has 178 valence electrons. The number of carbonyl (C=O) groups is 2. The number of rotatable bonds is 11. The average molecular weight is 473 g/mol. The molecular weight excluding hydrogens is 440 g/mol. The molecular formula is C25H33ClN4O3. The van der Waals surface area contributed by atoms with Crippen LogP contribution in [0.3, 0.4) is 0 Å². The monoisotopic (exact) mass is 472 g/mol.